The fraction of sp³-hybridized carbons (Fsp3) is 0.355. The first-order valence-corrected chi connectivity index (χ1v) is 13.9. The number of benzene rings is 3. The summed E-state index contributed by atoms with van der Waals surface area (Å²) >= 11 is 12.1. The Balaban J connectivity index is 0.000000211. The van der Waals surface area contributed by atoms with Crippen LogP contribution >= 0.6 is 23.2 Å². The zero-order chi connectivity index (χ0) is 27.5. The van der Waals surface area contributed by atoms with Crippen LogP contribution in [0.5, 0.6) is 0 Å². The van der Waals surface area contributed by atoms with Crippen LogP contribution < -0.4 is 5.32 Å². The number of carbonyl (C=O) groups excluding carboxylic acids is 1. The van der Waals surface area contributed by atoms with Gasteiger partial charge < -0.3 is 15.3 Å². The highest BCUT2D eigenvalue weighted by Gasteiger charge is 2.19. The monoisotopic (exact) mass is 554 g/mol. The van der Waals surface area contributed by atoms with E-state index in [0.29, 0.717) is 27.0 Å². The first-order valence-electron chi connectivity index (χ1n) is 13.1. The Morgan fingerprint density at radius 2 is 1.55 bits per heavy atom. The quantitative estimate of drug-likeness (QED) is 0.263. The largest absolute Gasteiger partial charge is 0.481 e. The molecule has 1 aliphatic rings. The molecule has 0 aromatic heterocycles. The molecule has 0 amide bonds. The summed E-state index contributed by atoms with van der Waals surface area (Å²) in [5.41, 5.74) is 4.08. The first kappa shape index (κ1) is 29.7. The maximum atomic E-state index is 12.4. The topological polar surface area (TPSA) is 69.6 Å². The number of anilines is 2. The lowest BCUT2D eigenvalue weighted by Crippen LogP contribution is -2.35. The number of rotatable bonds is 9. The summed E-state index contributed by atoms with van der Waals surface area (Å²) < 4.78 is 0. The molecule has 0 spiro atoms. The van der Waals surface area contributed by atoms with E-state index in [2.05, 4.69) is 36.2 Å². The second kappa shape index (κ2) is 14.9. The molecule has 5 nitrogen and oxygen atoms in total. The van der Waals surface area contributed by atoms with E-state index in [4.69, 9.17) is 28.3 Å². The minimum absolute atomic E-state index is 0.0642. The van der Waals surface area contributed by atoms with Crippen LogP contribution in [0.3, 0.4) is 0 Å². The molecule has 1 unspecified atom stereocenters. The molecule has 202 valence electrons. The van der Waals surface area contributed by atoms with Gasteiger partial charge in [-0.05, 0) is 61.7 Å². The van der Waals surface area contributed by atoms with E-state index in [9.17, 15) is 9.59 Å². The number of piperidine rings is 1. The molecule has 7 heteroatoms. The van der Waals surface area contributed by atoms with Gasteiger partial charge in [0, 0.05) is 23.7 Å². The molecule has 1 fully saturated rings. The smallest absolute Gasteiger partial charge is 0.307 e. The van der Waals surface area contributed by atoms with Gasteiger partial charge in [-0.2, -0.15) is 0 Å². The normalized spacial score (nSPS) is 14.2. The van der Waals surface area contributed by atoms with Gasteiger partial charge in [-0.1, -0.05) is 92.0 Å². The van der Waals surface area contributed by atoms with Crippen LogP contribution in [0.25, 0.3) is 0 Å². The SMILES string of the molecule is CCc1ccc(C(=O)C(C)CN2CCCCC2)cc1.O=C(O)Cc1ccccc1Nc1c(Cl)cccc1Cl. The van der Waals surface area contributed by atoms with Crippen LogP contribution in [0.2, 0.25) is 10.0 Å². The van der Waals surface area contributed by atoms with Gasteiger partial charge in [0.2, 0.25) is 0 Å². The third-order valence-corrected chi connectivity index (χ3v) is 7.29. The van der Waals surface area contributed by atoms with Crippen molar-refractivity contribution in [1.82, 2.24) is 4.90 Å². The molecule has 0 saturated carbocycles. The first-order chi connectivity index (χ1) is 18.3. The average Bonchev–Trinajstić information content (AvgIpc) is 2.92. The number of carboxylic acids is 1. The van der Waals surface area contributed by atoms with Crippen molar-refractivity contribution in [3.05, 3.63) is 93.5 Å². The Kier molecular flexibility index (Phi) is 11.7. The molecule has 1 aliphatic heterocycles. The van der Waals surface area contributed by atoms with E-state index in [1.807, 2.05) is 18.2 Å². The third-order valence-electron chi connectivity index (χ3n) is 6.66. The number of para-hydroxylation sites is 2. The minimum Gasteiger partial charge on any atom is -0.481 e. The summed E-state index contributed by atoms with van der Waals surface area (Å²) in [6, 6.07) is 20.4. The van der Waals surface area contributed by atoms with E-state index in [1.165, 1.54) is 24.8 Å². The number of hydrogen-bond donors (Lipinski definition) is 2. The Hall–Kier alpha value is -2.86. The lowest BCUT2D eigenvalue weighted by atomic mass is 9.97. The summed E-state index contributed by atoms with van der Waals surface area (Å²) in [5.74, 6) is -0.502. The van der Waals surface area contributed by atoms with Crippen LogP contribution in [0.15, 0.2) is 66.7 Å². The number of likely N-dealkylation sites (tertiary alicyclic amines) is 1. The predicted molar refractivity (Wildman–Crippen MR) is 157 cm³/mol. The molecule has 1 heterocycles. The number of carbonyl (C=O) groups is 2. The van der Waals surface area contributed by atoms with E-state index < -0.39 is 5.97 Å². The summed E-state index contributed by atoms with van der Waals surface area (Å²) in [4.78, 5) is 25.7. The summed E-state index contributed by atoms with van der Waals surface area (Å²) in [6.45, 7) is 7.42. The Morgan fingerprint density at radius 3 is 2.16 bits per heavy atom. The molecule has 2 N–H and O–H groups in total. The van der Waals surface area contributed by atoms with E-state index in [1.54, 1.807) is 36.4 Å². The van der Waals surface area contributed by atoms with E-state index in [0.717, 1.165) is 31.6 Å². The molecule has 3 aromatic rings. The van der Waals surface area contributed by atoms with Gasteiger partial charge in [-0.3, -0.25) is 9.59 Å². The van der Waals surface area contributed by atoms with Crippen LogP contribution in [-0.4, -0.2) is 41.4 Å². The highest BCUT2D eigenvalue weighted by molar-refractivity contribution is 6.39. The molecule has 1 atom stereocenters. The number of hydrogen-bond acceptors (Lipinski definition) is 4. The minimum atomic E-state index is -0.889. The molecule has 3 aromatic carbocycles. The molecule has 1 saturated heterocycles. The predicted octanol–water partition coefficient (Wildman–Crippen LogP) is 7.92. The Morgan fingerprint density at radius 1 is 0.921 bits per heavy atom. The maximum Gasteiger partial charge on any atom is 0.307 e. The van der Waals surface area contributed by atoms with Gasteiger partial charge in [-0.25, -0.2) is 0 Å². The van der Waals surface area contributed by atoms with Crippen LogP contribution in [-0.2, 0) is 17.6 Å². The summed E-state index contributed by atoms with van der Waals surface area (Å²) in [6.07, 6.45) is 4.87. The number of nitrogens with zero attached hydrogens (tertiary/aromatic N) is 1. The van der Waals surface area contributed by atoms with Crippen molar-refractivity contribution in [3.63, 3.8) is 0 Å². The van der Waals surface area contributed by atoms with Crippen molar-refractivity contribution in [2.75, 3.05) is 25.0 Å². The molecular weight excluding hydrogens is 519 g/mol. The van der Waals surface area contributed by atoms with Gasteiger partial charge in [0.25, 0.3) is 0 Å². The van der Waals surface area contributed by atoms with Crippen molar-refractivity contribution in [2.45, 2.75) is 46.0 Å². The summed E-state index contributed by atoms with van der Waals surface area (Å²) in [7, 11) is 0. The number of aliphatic carboxylic acids is 1. The fourth-order valence-electron chi connectivity index (χ4n) is 4.51. The van der Waals surface area contributed by atoms with Gasteiger partial charge in [0.1, 0.15) is 0 Å². The lowest BCUT2D eigenvalue weighted by Gasteiger charge is -2.28. The summed E-state index contributed by atoms with van der Waals surface area (Å²) in [5, 5.41) is 12.9. The number of ketones is 1. The van der Waals surface area contributed by atoms with Crippen LogP contribution in [0, 0.1) is 5.92 Å². The Labute approximate surface area is 235 Å². The Bertz CT molecular complexity index is 1190. The zero-order valence-electron chi connectivity index (χ0n) is 22.1. The standard InChI is InChI=1S/C17H25NO.C14H11Cl2NO2/c1-3-15-7-9-16(10-8-15)17(19)14(2)13-18-11-5-4-6-12-18;15-10-5-3-6-11(16)14(10)17-12-7-2-1-4-9(12)8-13(18)19/h7-10,14H,3-6,11-13H2,1-2H3;1-7,17H,8H2,(H,18,19). The van der Waals surface area contributed by atoms with Crippen LogP contribution in [0.4, 0.5) is 11.4 Å². The van der Waals surface area contributed by atoms with Crippen LogP contribution in [0.1, 0.15) is 54.6 Å². The number of Topliss-reactive ketones (excluding diaryl/α,β-unsaturated/α-hetero) is 1. The molecule has 38 heavy (non-hydrogen) atoms. The van der Waals surface area contributed by atoms with Crippen molar-refractivity contribution >= 4 is 46.3 Å². The highest BCUT2D eigenvalue weighted by atomic mass is 35.5. The second-order valence-electron chi connectivity index (χ2n) is 9.63. The number of aryl methyl sites for hydroxylation is 1. The molecule has 0 bridgehead atoms. The molecular formula is C31H36Cl2N2O3. The zero-order valence-corrected chi connectivity index (χ0v) is 23.6. The molecule has 0 radical (unpaired) electrons. The molecule has 0 aliphatic carbocycles. The maximum absolute atomic E-state index is 12.4. The number of nitrogens with one attached hydrogen (secondary N) is 1. The third kappa shape index (κ3) is 8.87. The average molecular weight is 556 g/mol. The lowest BCUT2D eigenvalue weighted by molar-refractivity contribution is -0.136. The fourth-order valence-corrected chi connectivity index (χ4v) is 5.00. The van der Waals surface area contributed by atoms with Crippen molar-refractivity contribution < 1.29 is 14.7 Å². The van der Waals surface area contributed by atoms with Gasteiger partial charge in [0.05, 0.1) is 22.2 Å². The second-order valence-corrected chi connectivity index (χ2v) is 10.4. The highest BCUT2D eigenvalue weighted by Crippen LogP contribution is 2.33. The van der Waals surface area contributed by atoms with Gasteiger partial charge in [0.15, 0.2) is 5.78 Å². The number of halogens is 2. The molecule has 4 rings (SSSR count). The van der Waals surface area contributed by atoms with E-state index in [-0.39, 0.29) is 18.1 Å². The van der Waals surface area contributed by atoms with Crippen molar-refractivity contribution in [1.29, 1.82) is 0 Å². The van der Waals surface area contributed by atoms with Gasteiger partial charge in [-0.15, -0.1) is 0 Å². The van der Waals surface area contributed by atoms with Crippen molar-refractivity contribution in [3.8, 4) is 0 Å². The number of carboxylic acid groups (broad SMARTS) is 1. The van der Waals surface area contributed by atoms with Crippen molar-refractivity contribution in [2.24, 2.45) is 5.92 Å². The van der Waals surface area contributed by atoms with E-state index >= 15 is 0 Å². The van der Waals surface area contributed by atoms with Gasteiger partial charge >= 0.3 is 5.97 Å².